The van der Waals surface area contributed by atoms with Crippen LogP contribution in [-0.4, -0.2) is 69.1 Å². The van der Waals surface area contributed by atoms with Gasteiger partial charge in [-0.15, -0.1) is 0 Å². The summed E-state index contributed by atoms with van der Waals surface area (Å²) in [5.74, 6) is -0.0278. The highest BCUT2D eigenvalue weighted by atomic mass is 32.2. The number of carbonyl (C=O) groups excluding carboxylic acids is 1. The number of benzene rings is 1. The van der Waals surface area contributed by atoms with Crippen molar-refractivity contribution in [3.05, 3.63) is 24.3 Å². The number of hydrogen-bond donors (Lipinski definition) is 1. The normalized spacial score (nSPS) is 22.5. The number of piperazine rings is 1. The summed E-state index contributed by atoms with van der Waals surface area (Å²) in [7, 11) is -3.40. The number of carbonyl (C=O) groups is 1. The zero-order valence-corrected chi connectivity index (χ0v) is 15.2. The molecule has 3 rings (SSSR count). The number of ether oxygens (including phenoxy) is 1. The second-order valence-corrected chi connectivity index (χ2v) is 8.73. The van der Waals surface area contributed by atoms with Crippen LogP contribution in [-0.2, 0) is 14.6 Å². The Kier molecular flexibility index (Phi) is 5.19. The van der Waals surface area contributed by atoms with Crippen LogP contribution in [0.4, 0.5) is 5.69 Å². The molecule has 138 valence electrons. The van der Waals surface area contributed by atoms with Gasteiger partial charge in [-0.2, -0.15) is 0 Å². The van der Waals surface area contributed by atoms with Crippen molar-refractivity contribution in [3.63, 3.8) is 0 Å². The molecular weight excluding hydrogens is 342 g/mol. The average Bonchev–Trinajstić information content (AvgIpc) is 3.16. The van der Waals surface area contributed by atoms with Crippen LogP contribution in [0.5, 0.6) is 5.75 Å². The molecule has 0 saturated carbocycles. The van der Waals surface area contributed by atoms with Gasteiger partial charge in [-0.3, -0.25) is 4.79 Å². The number of nitrogens with two attached hydrogens (primary N) is 1. The van der Waals surface area contributed by atoms with Crippen LogP contribution in [0.15, 0.2) is 24.3 Å². The summed E-state index contributed by atoms with van der Waals surface area (Å²) in [6.45, 7) is 3.95. The highest BCUT2D eigenvalue weighted by Crippen LogP contribution is 2.35. The van der Waals surface area contributed by atoms with E-state index in [1.807, 2.05) is 31.2 Å². The standard InChI is InChI=1S/C17H25N3O4S/c1-2-24-16-5-3-13(4-6-16)19-10-15-9-14(19)11-20(15)17(21)12-25(22,23)8-7-18/h3-6,14-15H,2,7-12,18H2,1H3. The lowest BCUT2D eigenvalue weighted by Crippen LogP contribution is -2.50. The highest BCUT2D eigenvalue weighted by molar-refractivity contribution is 7.92. The van der Waals surface area contributed by atoms with Crippen molar-refractivity contribution in [2.75, 3.05) is 42.6 Å². The maximum absolute atomic E-state index is 12.4. The van der Waals surface area contributed by atoms with Crippen LogP contribution in [0.25, 0.3) is 0 Å². The molecule has 2 N–H and O–H groups in total. The lowest BCUT2D eigenvalue weighted by Gasteiger charge is -2.35. The highest BCUT2D eigenvalue weighted by Gasteiger charge is 2.45. The Bertz CT molecular complexity index is 720. The first-order valence-electron chi connectivity index (χ1n) is 8.63. The van der Waals surface area contributed by atoms with Gasteiger partial charge in [0.15, 0.2) is 9.84 Å². The summed E-state index contributed by atoms with van der Waals surface area (Å²) in [6, 6.07) is 8.29. The molecule has 2 saturated heterocycles. The van der Waals surface area contributed by atoms with Crippen LogP contribution >= 0.6 is 0 Å². The van der Waals surface area contributed by atoms with Gasteiger partial charge in [-0.1, -0.05) is 0 Å². The van der Waals surface area contributed by atoms with E-state index in [1.165, 1.54) is 0 Å². The van der Waals surface area contributed by atoms with Gasteiger partial charge < -0.3 is 20.3 Å². The van der Waals surface area contributed by atoms with Crippen LogP contribution in [0.3, 0.4) is 0 Å². The third kappa shape index (κ3) is 3.90. The maximum atomic E-state index is 12.4. The summed E-state index contributed by atoms with van der Waals surface area (Å²) in [4.78, 5) is 16.4. The van der Waals surface area contributed by atoms with Crippen LogP contribution in [0, 0.1) is 0 Å². The lowest BCUT2D eigenvalue weighted by molar-refractivity contribution is -0.129. The minimum absolute atomic E-state index is 0.0488. The molecule has 1 amide bonds. The minimum Gasteiger partial charge on any atom is -0.494 e. The topological polar surface area (TPSA) is 92.9 Å². The molecule has 7 nitrogen and oxygen atoms in total. The van der Waals surface area contributed by atoms with Crippen molar-refractivity contribution in [2.45, 2.75) is 25.4 Å². The number of rotatable bonds is 7. The molecule has 0 aliphatic carbocycles. The van der Waals surface area contributed by atoms with Gasteiger partial charge in [0.1, 0.15) is 11.5 Å². The van der Waals surface area contributed by atoms with E-state index in [0.29, 0.717) is 13.2 Å². The van der Waals surface area contributed by atoms with Crippen LogP contribution in [0.2, 0.25) is 0 Å². The second kappa shape index (κ2) is 7.21. The molecule has 1 aromatic rings. The Morgan fingerprint density at radius 1 is 1.24 bits per heavy atom. The summed E-state index contributed by atoms with van der Waals surface area (Å²) in [5.41, 5.74) is 6.41. The maximum Gasteiger partial charge on any atom is 0.238 e. The number of hydrogen-bond acceptors (Lipinski definition) is 6. The third-order valence-electron chi connectivity index (χ3n) is 4.81. The summed E-state index contributed by atoms with van der Waals surface area (Å²) in [6.07, 6.45) is 0.885. The van der Waals surface area contributed by atoms with Crippen LogP contribution in [0.1, 0.15) is 13.3 Å². The molecule has 2 heterocycles. The number of likely N-dealkylation sites (tertiary alicyclic amines) is 1. The molecule has 2 aliphatic rings. The largest absolute Gasteiger partial charge is 0.494 e. The van der Waals surface area contributed by atoms with Crippen molar-refractivity contribution in [3.8, 4) is 5.75 Å². The molecule has 1 aromatic carbocycles. The monoisotopic (exact) mass is 367 g/mol. The molecule has 8 heteroatoms. The lowest BCUT2D eigenvalue weighted by atomic mass is 10.2. The molecule has 0 aromatic heterocycles. The molecule has 2 bridgehead atoms. The Labute approximate surface area is 148 Å². The van der Waals surface area contributed by atoms with E-state index in [0.717, 1.165) is 24.4 Å². The predicted octanol–water partition coefficient (Wildman–Crippen LogP) is 0.248. The van der Waals surface area contributed by atoms with Gasteiger partial charge in [0.05, 0.1) is 18.4 Å². The SMILES string of the molecule is CCOc1ccc(N2CC3CC2CN3C(=O)CS(=O)(=O)CCN)cc1. The first kappa shape index (κ1) is 18.0. The quantitative estimate of drug-likeness (QED) is 0.743. The molecule has 0 radical (unpaired) electrons. The summed E-state index contributed by atoms with van der Waals surface area (Å²) in [5, 5.41) is 0. The number of anilines is 1. The third-order valence-corrected chi connectivity index (χ3v) is 6.36. The molecular formula is C17H25N3O4S. The molecule has 25 heavy (non-hydrogen) atoms. The summed E-state index contributed by atoms with van der Waals surface area (Å²) < 4.78 is 29.1. The number of amides is 1. The predicted molar refractivity (Wildman–Crippen MR) is 96.6 cm³/mol. The van der Waals surface area contributed by atoms with Gasteiger partial charge in [-0.25, -0.2) is 8.42 Å². The van der Waals surface area contributed by atoms with Crippen molar-refractivity contribution in [2.24, 2.45) is 5.73 Å². The van der Waals surface area contributed by atoms with E-state index in [2.05, 4.69) is 4.90 Å². The fourth-order valence-corrected chi connectivity index (χ4v) is 4.76. The molecule has 2 fully saturated rings. The Hall–Kier alpha value is -1.80. The fourth-order valence-electron chi connectivity index (χ4n) is 3.71. The first-order chi connectivity index (χ1) is 11.9. The molecule has 2 atom stereocenters. The van der Waals surface area contributed by atoms with E-state index in [4.69, 9.17) is 10.5 Å². The van der Waals surface area contributed by atoms with E-state index in [1.54, 1.807) is 4.90 Å². The number of nitrogens with zero attached hydrogens (tertiary/aromatic N) is 2. The van der Waals surface area contributed by atoms with Gasteiger partial charge in [0.2, 0.25) is 5.91 Å². The average molecular weight is 367 g/mol. The van der Waals surface area contributed by atoms with Gasteiger partial charge in [-0.05, 0) is 37.6 Å². The Balaban J connectivity index is 1.61. The van der Waals surface area contributed by atoms with Crippen molar-refractivity contribution in [1.82, 2.24) is 4.90 Å². The second-order valence-electron chi connectivity index (χ2n) is 6.55. The van der Waals surface area contributed by atoms with Crippen molar-refractivity contribution in [1.29, 1.82) is 0 Å². The summed E-state index contributed by atoms with van der Waals surface area (Å²) >= 11 is 0. The Morgan fingerprint density at radius 2 is 1.96 bits per heavy atom. The van der Waals surface area contributed by atoms with Crippen molar-refractivity contribution >= 4 is 21.4 Å². The molecule has 0 spiro atoms. The van der Waals surface area contributed by atoms with Gasteiger partial charge >= 0.3 is 0 Å². The first-order valence-corrected chi connectivity index (χ1v) is 10.4. The van der Waals surface area contributed by atoms with E-state index < -0.39 is 15.6 Å². The smallest absolute Gasteiger partial charge is 0.238 e. The zero-order chi connectivity index (χ0) is 18.0. The Morgan fingerprint density at radius 3 is 2.52 bits per heavy atom. The zero-order valence-electron chi connectivity index (χ0n) is 14.4. The van der Waals surface area contributed by atoms with E-state index >= 15 is 0 Å². The van der Waals surface area contributed by atoms with Gasteiger partial charge in [0.25, 0.3) is 0 Å². The number of fused-ring (bicyclic) bond motifs is 2. The minimum atomic E-state index is -3.40. The van der Waals surface area contributed by atoms with E-state index in [9.17, 15) is 13.2 Å². The van der Waals surface area contributed by atoms with Crippen LogP contribution < -0.4 is 15.4 Å². The fraction of sp³-hybridized carbons (Fsp3) is 0.588. The van der Waals surface area contributed by atoms with Gasteiger partial charge in [0, 0.05) is 31.4 Å². The van der Waals surface area contributed by atoms with E-state index in [-0.39, 0.29) is 30.3 Å². The number of sulfone groups is 1. The molecule has 2 unspecified atom stereocenters. The molecule has 2 aliphatic heterocycles. The van der Waals surface area contributed by atoms with Crippen molar-refractivity contribution < 1.29 is 17.9 Å².